The van der Waals surface area contributed by atoms with E-state index in [0.29, 0.717) is 18.1 Å². The van der Waals surface area contributed by atoms with Gasteiger partial charge in [0, 0.05) is 5.56 Å². The van der Waals surface area contributed by atoms with E-state index in [0.717, 1.165) is 22.2 Å². The first-order valence-corrected chi connectivity index (χ1v) is 9.12. The predicted molar refractivity (Wildman–Crippen MR) is 113 cm³/mol. The van der Waals surface area contributed by atoms with E-state index in [2.05, 4.69) is 10.3 Å². The smallest absolute Gasteiger partial charge is 0.449 e. The van der Waals surface area contributed by atoms with Crippen molar-refractivity contribution in [1.82, 2.24) is 9.55 Å². The molecule has 30 heavy (non-hydrogen) atoms. The van der Waals surface area contributed by atoms with Crippen molar-refractivity contribution >= 4 is 29.2 Å². The molecule has 2 amide bonds. The Morgan fingerprint density at radius 2 is 1.70 bits per heavy atom. The summed E-state index contributed by atoms with van der Waals surface area (Å²) < 4.78 is 6.74. The zero-order valence-electron chi connectivity index (χ0n) is 15.8. The second-order valence-corrected chi connectivity index (χ2v) is 6.56. The number of nitrogens with one attached hydrogen (secondary N) is 1. The minimum Gasteiger partial charge on any atom is -0.449 e. The summed E-state index contributed by atoms with van der Waals surface area (Å²) in [7, 11) is 0. The third-order valence-corrected chi connectivity index (χ3v) is 4.58. The first-order chi connectivity index (χ1) is 14.5. The zero-order valence-corrected chi connectivity index (χ0v) is 15.8. The van der Waals surface area contributed by atoms with Gasteiger partial charge in [-0.25, -0.2) is 14.6 Å². The van der Waals surface area contributed by atoms with E-state index < -0.39 is 12.2 Å². The average molecular weight is 402 g/mol. The Kier molecular flexibility index (Phi) is 5.04. The molecule has 8 heteroatoms. The van der Waals surface area contributed by atoms with Crippen LogP contribution in [0.4, 0.5) is 15.5 Å². The molecule has 4 N–H and O–H groups in total. The number of ether oxygens (including phenoxy) is 1. The van der Waals surface area contributed by atoms with Gasteiger partial charge in [-0.15, -0.1) is 0 Å². The molecule has 0 aliphatic heterocycles. The Hall–Kier alpha value is -4.33. The van der Waals surface area contributed by atoms with Gasteiger partial charge in [-0.2, -0.15) is 0 Å². The molecule has 0 atom stereocenters. The van der Waals surface area contributed by atoms with Crippen LogP contribution in [0.25, 0.3) is 22.2 Å². The zero-order chi connectivity index (χ0) is 21.1. The van der Waals surface area contributed by atoms with Gasteiger partial charge in [-0.3, -0.25) is 5.32 Å². The maximum atomic E-state index is 11.4. The van der Waals surface area contributed by atoms with E-state index in [1.54, 1.807) is 18.2 Å². The fourth-order valence-corrected chi connectivity index (χ4v) is 3.30. The first-order valence-electron chi connectivity index (χ1n) is 9.12. The summed E-state index contributed by atoms with van der Waals surface area (Å²) in [6.07, 6.45) is -1.36. The lowest BCUT2D eigenvalue weighted by molar-refractivity contribution is 0.144. The molecule has 4 aromatic rings. The van der Waals surface area contributed by atoms with Gasteiger partial charge in [0.1, 0.15) is 5.75 Å². The van der Waals surface area contributed by atoms with Crippen molar-refractivity contribution in [3.8, 4) is 16.9 Å². The number of fused-ring (bicyclic) bond motifs is 1. The van der Waals surface area contributed by atoms with Crippen LogP contribution in [0.1, 0.15) is 5.56 Å². The van der Waals surface area contributed by atoms with Gasteiger partial charge in [0.2, 0.25) is 5.95 Å². The number of carbonyl (C=O) groups excluding carboxylic acids is 1. The largest absolute Gasteiger partial charge is 0.511 e. The van der Waals surface area contributed by atoms with Gasteiger partial charge >= 0.3 is 12.2 Å². The third kappa shape index (κ3) is 3.93. The van der Waals surface area contributed by atoms with Crippen LogP contribution < -0.4 is 15.8 Å². The second-order valence-electron chi connectivity index (χ2n) is 6.56. The standard InChI is InChI=1S/C22H18N4O4/c23-20(27)25-21-24-17-6-2-3-7-18(17)26(21)13-14-9-11-15(12-10-14)16-5-1-4-8-19(16)30-22(28)29/h1-12H,13H2,(H,28,29)(H3,23,24,25,27). The van der Waals surface area contributed by atoms with Gasteiger partial charge in [0.05, 0.1) is 17.6 Å². The van der Waals surface area contributed by atoms with Crippen LogP contribution in [0.15, 0.2) is 72.8 Å². The summed E-state index contributed by atoms with van der Waals surface area (Å²) in [5.41, 5.74) is 9.36. The Morgan fingerprint density at radius 3 is 2.43 bits per heavy atom. The van der Waals surface area contributed by atoms with E-state index >= 15 is 0 Å². The minimum absolute atomic E-state index is 0.270. The molecule has 0 radical (unpaired) electrons. The number of anilines is 1. The Morgan fingerprint density at radius 1 is 1.00 bits per heavy atom. The molecule has 1 heterocycles. The van der Waals surface area contributed by atoms with Crippen LogP contribution in [0.2, 0.25) is 0 Å². The van der Waals surface area contributed by atoms with Crippen molar-refractivity contribution in [3.63, 3.8) is 0 Å². The van der Waals surface area contributed by atoms with E-state index in [1.165, 1.54) is 0 Å². The number of hydrogen-bond acceptors (Lipinski definition) is 4. The molecule has 0 aliphatic rings. The van der Waals surface area contributed by atoms with Crippen molar-refractivity contribution in [2.24, 2.45) is 5.73 Å². The SMILES string of the molecule is NC(=O)Nc1nc2ccccc2n1Cc1ccc(-c2ccccc2OC(=O)O)cc1. The number of nitrogens with two attached hydrogens (primary N) is 1. The molecule has 8 nitrogen and oxygen atoms in total. The molecule has 0 spiro atoms. The van der Waals surface area contributed by atoms with E-state index in [9.17, 15) is 9.59 Å². The lowest BCUT2D eigenvalue weighted by atomic mass is 10.0. The molecular formula is C22H18N4O4. The first kappa shape index (κ1) is 19.0. The molecule has 0 saturated carbocycles. The molecule has 3 aromatic carbocycles. The van der Waals surface area contributed by atoms with Gasteiger partial charge in [0.25, 0.3) is 0 Å². The number of rotatable bonds is 5. The highest BCUT2D eigenvalue weighted by Gasteiger charge is 2.13. The Bertz CT molecular complexity index is 1230. The Balaban J connectivity index is 1.65. The van der Waals surface area contributed by atoms with Crippen LogP contribution in [-0.4, -0.2) is 26.8 Å². The van der Waals surface area contributed by atoms with Crippen LogP contribution in [0, 0.1) is 0 Å². The summed E-state index contributed by atoms with van der Waals surface area (Å²) >= 11 is 0. The number of amides is 2. The highest BCUT2D eigenvalue weighted by molar-refractivity contribution is 5.89. The fraction of sp³-hybridized carbons (Fsp3) is 0.0455. The van der Waals surface area contributed by atoms with Crippen molar-refractivity contribution in [1.29, 1.82) is 0 Å². The molecule has 0 saturated heterocycles. The highest BCUT2D eigenvalue weighted by Crippen LogP contribution is 2.30. The third-order valence-electron chi connectivity index (χ3n) is 4.58. The summed E-state index contributed by atoms with van der Waals surface area (Å²) in [5.74, 6) is 0.638. The number of aromatic nitrogens is 2. The molecule has 0 unspecified atom stereocenters. The van der Waals surface area contributed by atoms with E-state index in [4.69, 9.17) is 15.6 Å². The maximum absolute atomic E-state index is 11.4. The number of urea groups is 1. The molecule has 150 valence electrons. The Labute approximate surface area is 171 Å². The molecule has 0 bridgehead atoms. The highest BCUT2D eigenvalue weighted by atomic mass is 16.7. The van der Waals surface area contributed by atoms with Crippen molar-refractivity contribution in [2.75, 3.05) is 5.32 Å². The molecule has 4 rings (SSSR count). The normalized spacial score (nSPS) is 10.7. The van der Waals surface area contributed by atoms with Gasteiger partial charge in [-0.1, -0.05) is 54.6 Å². The monoisotopic (exact) mass is 402 g/mol. The van der Waals surface area contributed by atoms with Crippen LogP contribution in [-0.2, 0) is 6.54 Å². The lowest BCUT2D eigenvalue weighted by Gasteiger charge is -2.11. The molecule has 0 aliphatic carbocycles. The summed E-state index contributed by atoms with van der Waals surface area (Å²) in [6.45, 7) is 0.462. The van der Waals surface area contributed by atoms with Gasteiger partial charge < -0.3 is 20.1 Å². The van der Waals surface area contributed by atoms with Crippen molar-refractivity contribution in [3.05, 3.63) is 78.4 Å². The van der Waals surface area contributed by atoms with Crippen LogP contribution in [0.5, 0.6) is 5.75 Å². The number of carboxylic acid groups (broad SMARTS) is 1. The number of nitrogens with zero attached hydrogens (tertiary/aromatic N) is 2. The molecular weight excluding hydrogens is 384 g/mol. The molecule has 1 aromatic heterocycles. The van der Waals surface area contributed by atoms with Crippen LogP contribution >= 0.6 is 0 Å². The number of benzene rings is 3. The quantitative estimate of drug-likeness (QED) is 0.340. The van der Waals surface area contributed by atoms with Crippen molar-refractivity contribution in [2.45, 2.75) is 6.54 Å². The minimum atomic E-state index is -1.36. The second kappa shape index (κ2) is 7.96. The fourth-order valence-electron chi connectivity index (χ4n) is 3.30. The van der Waals surface area contributed by atoms with E-state index in [1.807, 2.05) is 59.2 Å². The predicted octanol–water partition coefficient (Wildman–Crippen LogP) is 4.30. The molecule has 0 fully saturated rings. The summed E-state index contributed by atoms with van der Waals surface area (Å²) in [6, 6.07) is 21.4. The summed E-state index contributed by atoms with van der Waals surface area (Å²) in [5, 5.41) is 11.5. The lowest BCUT2D eigenvalue weighted by Crippen LogP contribution is -2.22. The van der Waals surface area contributed by atoms with Gasteiger partial charge in [0.15, 0.2) is 0 Å². The number of imidazole rings is 1. The topological polar surface area (TPSA) is 119 Å². The number of primary amides is 1. The number of carbonyl (C=O) groups is 2. The van der Waals surface area contributed by atoms with Crippen molar-refractivity contribution < 1.29 is 19.4 Å². The van der Waals surface area contributed by atoms with Gasteiger partial charge in [-0.05, 0) is 29.3 Å². The summed E-state index contributed by atoms with van der Waals surface area (Å²) in [4.78, 5) is 26.7. The van der Waals surface area contributed by atoms with E-state index in [-0.39, 0.29) is 5.75 Å². The number of para-hydroxylation sites is 3. The maximum Gasteiger partial charge on any atom is 0.511 e. The number of hydrogen-bond donors (Lipinski definition) is 3. The van der Waals surface area contributed by atoms with Crippen LogP contribution in [0.3, 0.4) is 0 Å². The average Bonchev–Trinajstić information content (AvgIpc) is 3.05.